The van der Waals surface area contributed by atoms with Gasteiger partial charge >= 0.3 is 5.97 Å². The van der Waals surface area contributed by atoms with E-state index in [1.54, 1.807) is 31.3 Å². The minimum atomic E-state index is -0.874. The number of rotatable bonds is 5. The number of nitriles is 1. The van der Waals surface area contributed by atoms with E-state index in [0.717, 1.165) is 5.39 Å². The molecule has 0 aliphatic carbocycles. The standard InChI is InChI=1S/C17H17N3O3/c1-11(10-18)9-14(17(22)23-2)20-16(21)13-7-3-5-12-6-4-8-19-15(12)13/h3-8,11,14H,9H2,1-2H3,(H,20,21)/t11-,14+/m1/s1. The summed E-state index contributed by atoms with van der Waals surface area (Å²) in [5.74, 6) is -1.38. The van der Waals surface area contributed by atoms with E-state index in [2.05, 4.69) is 10.3 Å². The Kier molecular flexibility index (Phi) is 5.26. The Morgan fingerprint density at radius 1 is 1.35 bits per heavy atom. The maximum atomic E-state index is 12.5. The van der Waals surface area contributed by atoms with Crippen molar-refractivity contribution in [2.75, 3.05) is 7.11 Å². The molecule has 0 bridgehead atoms. The lowest BCUT2D eigenvalue weighted by Gasteiger charge is -2.17. The SMILES string of the molecule is COC(=O)[C@H](C[C@@H](C)C#N)NC(=O)c1cccc2cccnc12. The maximum Gasteiger partial charge on any atom is 0.328 e. The molecule has 0 fully saturated rings. The molecule has 1 amide bonds. The van der Waals surface area contributed by atoms with Gasteiger partial charge in [-0.1, -0.05) is 18.2 Å². The largest absolute Gasteiger partial charge is 0.467 e. The van der Waals surface area contributed by atoms with E-state index in [0.29, 0.717) is 11.1 Å². The number of aromatic nitrogens is 1. The number of amides is 1. The quantitative estimate of drug-likeness (QED) is 0.853. The number of carbonyl (C=O) groups is 2. The van der Waals surface area contributed by atoms with Crippen molar-refractivity contribution in [1.82, 2.24) is 10.3 Å². The number of methoxy groups -OCH3 is 1. The summed E-state index contributed by atoms with van der Waals surface area (Å²) in [5.41, 5.74) is 0.936. The molecule has 0 aliphatic rings. The van der Waals surface area contributed by atoms with Crippen LogP contribution < -0.4 is 5.32 Å². The van der Waals surface area contributed by atoms with Crippen LogP contribution in [0.1, 0.15) is 23.7 Å². The van der Waals surface area contributed by atoms with Crippen LogP contribution in [0.5, 0.6) is 0 Å². The number of carbonyl (C=O) groups excluding carboxylic acids is 2. The number of hydrogen-bond donors (Lipinski definition) is 1. The molecule has 118 valence electrons. The van der Waals surface area contributed by atoms with Crippen LogP contribution >= 0.6 is 0 Å². The molecular weight excluding hydrogens is 294 g/mol. The van der Waals surface area contributed by atoms with Gasteiger partial charge in [0.2, 0.25) is 0 Å². The van der Waals surface area contributed by atoms with E-state index >= 15 is 0 Å². The first-order chi connectivity index (χ1) is 11.1. The molecule has 0 radical (unpaired) electrons. The van der Waals surface area contributed by atoms with E-state index in [9.17, 15) is 9.59 Å². The molecule has 6 heteroatoms. The van der Waals surface area contributed by atoms with Crippen molar-refractivity contribution in [1.29, 1.82) is 5.26 Å². The lowest BCUT2D eigenvalue weighted by Crippen LogP contribution is -2.42. The van der Waals surface area contributed by atoms with Gasteiger partial charge in [-0.05, 0) is 25.5 Å². The number of nitrogens with one attached hydrogen (secondary N) is 1. The van der Waals surface area contributed by atoms with Crippen molar-refractivity contribution >= 4 is 22.8 Å². The monoisotopic (exact) mass is 311 g/mol. The first-order valence-electron chi connectivity index (χ1n) is 7.19. The molecule has 2 aromatic rings. The van der Waals surface area contributed by atoms with Crippen LogP contribution in [0.2, 0.25) is 0 Å². The van der Waals surface area contributed by atoms with Gasteiger partial charge in [-0.3, -0.25) is 9.78 Å². The summed E-state index contributed by atoms with van der Waals surface area (Å²) in [6.45, 7) is 1.68. The molecule has 1 N–H and O–H groups in total. The van der Waals surface area contributed by atoms with Crippen molar-refractivity contribution in [2.45, 2.75) is 19.4 Å². The van der Waals surface area contributed by atoms with Crippen molar-refractivity contribution < 1.29 is 14.3 Å². The van der Waals surface area contributed by atoms with Gasteiger partial charge in [-0.2, -0.15) is 5.26 Å². The summed E-state index contributed by atoms with van der Waals surface area (Å²) in [6, 6.07) is 10.1. The number of para-hydroxylation sites is 1. The number of nitrogens with zero attached hydrogens (tertiary/aromatic N) is 2. The summed E-state index contributed by atoms with van der Waals surface area (Å²) in [5, 5.41) is 12.4. The molecular formula is C17H17N3O3. The van der Waals surface area contributed by atoms with Gasteiger partial charge in [0.05, 0.1) is 24.3 Å². The Bertz CT molecular complexity index is 762. The molecule has 0 aliphatic heterocycles. The van der Waals surface area contributed by atoms with Gasteiger partial charge in [0.1, 0.15) is 6.04 Å². The highest BCUT2D eigenvalue weighted by atomic mass is 16.5. The van der Waals surface area contributed by atoms with Crippen molar-refractivity contribution in [3.05, 3.63) is 42.1 Å². The molecule has 6 nitrogen and oxygen atoms in total. The van der Waals surface area contributed by atoms with Crippen LogP contribution in [0, 0.1) is 17.2 Å². The van der Waals surface area contributed by atoms with Gasteiger partial charge in [-0.15, -0.1) is 0 Å². The summed E-state index contributed by atoms with van der Waals surface area (Å²) < 4.78 is 4.70. The zero-order valence-corrected chi connectivity index (χ0v) is 12.9. The van der Waals surface area contributed by atoms with E-state index in [1.807, 2.05) is 18.2 Å². The van der Waals surface area contributed by atoms with Crippen LogP contribution in [-0.4, -0.2) is 30.0 Å². The van der Waals surface area contributed by atoms with Crippen molar-refractivity contribution in [3.8, 4) is 6.07 Å². The first-order valence-corrected chi connectivity index (χ1v) is 7.19. The Morgan fingerprint density at radius 2 is 2.09 bits per heavy atom. The predicted molar refractivity (Wildman–Crippen MR) is 84.4 cm³/mol. The topological polar surface area (TPSA) is 92.1 Å². The van der Waals surface area contributed by atoms with Gasteiger partial charge in [0.15, 0.2) is 0 Å². The van der Waals surface area contributed by atoms with Crippen molar-refractivity contribution in [3.63, 3.8) is 0 Å². The van der Waals surface area contributed by atoms with Gasteiger partial charge < -0.3 is 10.1 Å². The van der Waals surface area contributed by atoms with Crippen LogP contribution in [0.15, 0.2) is 36.5 Å². The number of ether oxygens (including phenoxy) is 1. The third-order valence-electron chi connectivity index (χ3n) is 3.48. The minimum Gasteiger partial charge on any atom is -0.467 e. The summed E-state index contributed by atoms with van der Waals surface area (Å²) in [6.07, 6.45) is 1.79. The fourth-order valence-electron chi connectivity index (χ4n) is 2.29. The van der Waals surface area contributed by atoms with Gasteiger partial charge in [0, 0.05) is 17.5 Å². The molecule has 1 aromatic carbocycles. The Hall–Kier alpha value is -2.94. The average Bonchev–Trinajstić information content (AvgIpc) is 2.59. The third kappa shape index (κ3) is 3.83. The average molecular weight is 311 g/mol. The number of benzene rings is 1. The van der Waals surface area contributed by atoms with E-state index in [1.165, 1.54) is 7.11 Å². The zero-order chi connectivity index (χ0) is 16.8. The number of fused-ring (bicyclic) bond motifs is 1. The fraction of sp³-hybridized carbons (Fsp3) is 0.294. The lowest BCUT2D eigenvalue weighted by molar-refractivity contribution is -0.143. The summed E-state index contributed by atoms with van der Waals surface area (Å²) >= 11 is 0. The molecule has 2 atom stereocenters. The highest BCUT2D eigenvalue weighted by Gasteiger charge is 2.25. The predicted octanol–water partition coefficient (Wildman–Crippen LogP) is 2.06. The molecule has 1 aromatic heterocycles. The summed E-state index contributed by atoms with van der Waals surface area (Å²) in [4.78, 5) is 28.6. The highest BCUT2D eigenvalue weighted by molar-refractivity contribution is 6.06. The van der Waals surface area contributed by atoms with E-state index < -0.39 is 17.9 Å². The van der Waals surface area contributed by atoms with Gasteiger partial charge in [-0.25, -0.2) is 4.79 Å². The smallest absolute Gasteiger partial charge is 0.328 e. The molecule has 0 unspecified atom stereocenters. The number of pyridine rings is 1. The van der Waals surface area contributed by atoms with Crippen molar-refractivity contribution in [2.24, 2.45) is 5.92 Å². The van der Waals surface area contributed by atoms with Crippen LogP contribution in [0.4, 0.5) is 0 Å². The highest BCUT2D eigenvalue weighted by Crippen LogP contribution is 2.16. The fourth-order valence-corrected chi connectivity index (χ4v) is 2.29. The molecule has 2 rings (SSSR count). The van der Waals surface area contributed by atoms with Crippen LogP contribution in [-0.2, 0) is 9.53 Å². The zero-order valence-electron chi connectivity index (χ0n) is 12.9. The Balaban J connectivity index is 2.27. The number of esters is 1. The molecule has 0 saturated heterocycles. The van der Waals surface area contributed by atoms with Gasteiger partial charge in [0.25, 0.3) is 5.91 Å². The van der Waals surface area contributed by atoms with Crippen LogP contribution in [0.3, 0.4) is 0 Å². The molecule has 0 spiro atoms. The lowest BCUT2D eigenvalue weighted by atomic mass is 10.0. The van der Waals surface area contributed by atoms with E-state index in [-0.39, 0.29) is 12.3 Å². The second kappa shape index (κ2) is 7.36. The first kappa shape index (κ1) is 16.4. The molecule has 1 heterocycles. The second-order valence-electron chi connectivity index (χ2n) is 5.20. The van der Waals surface area contributed by atoms with Crippen LogP contribution in [0.25, 0.3) is 10.9 Å². The summed E-state index contributed by atoms with van der Waals surface area (Å²) in [7, 11) is 1.25. The minimum absolute atomic E-state index is 0.188. The third-order valence-corrected chi connectivity index (χ3v) is 3.48. The molecule has 0 saturated carbocycles. The Labute approximate surface area is 134 Å². The normalized spacial score (nSPS) is 12.9. The number of hydrogen-bond acceptors (Lipinski definition) is 5. The second-order valence-corrected chi connectivity index (χ2v) is 5.20. The molecule has 23 heavy (non-hydrogen) atoms. The maximum absolute atomic E-state index is 12.5. The Morgan fingerprint density at radius 3 is 2.78 bits per heavy atom. The van der Waals surface area contributed by atoms with E-state index in [4.69, 9.17) is 10.00 Å².